The van der Waals surface area contributed by atoms with Gasteiger partial charge in [-0.3, -0.25) is 4.79 Å². The third-order valence-electron chi connectivity index (χ3n) is 3.27. The smallest absolute Gasteiger partial charge is 0.232 e. The van der Waals surface area contributed by atoms with Crippen LogP contribution in [0.2, 0.25) is 0 Å². The summed E-state index contributed by atoms with van der Waals surface area (Å²) in [5, 5.41) is 9.47. The Morgan fingerprint density at radius 1 is 1.69 bits per heavy atom. The third-order valence-corrected chi connectivity index (χ3v) is 3.55. The standard InChI is InChI=1S/C11H20N2O2S/c1-3-9(10(12)16)11(15)13-5-4-8(6-13)7(2)14/h7-9,14H,3-6H2,1-2H3,(H2,12,16). The van der Waals surface area contributed by atoms with Crippen LogP contribution in [0.1, 0.15) is 26.7 Å². The van der Waals surface area contributed by atoms with Crippen molar-refractivity contribution in [3.8, 4) is 0 Å². The van der Waals surface area contributed by atoms with Gasteiger partial charge in [0.1, 0.15) is 0 Å². The summed E-state index contributed by atoms with van der Waals surface area (Å²) in [6.07, 6.45) is 1.14. The summed E-state index contributed by atoms with van der Waals surface area (Å²) in [6, 6.07) is 0. The molecule has 1 heterocycles. The first-order valence-electron chi connectivity index (χ1n) is 5.73. The van der Waals surface area contributed by atoms with E-state index in [-0.39, 0.29) is 28.8 Å². The monoisotopic (exact) mass is 244 g/mol. The molecule has 0 aromatic heterocycles. The van der Waals surface area contributed by atoms with Crippen molar-refractivity contribution in [2.24, 2.45) is 17.6 Å². The molecule has 0 aliphatic carbocycles. The quantitative estimate of drug-likeness (QED) is 0.708. The van der Waals surface area contributed by atoms with Crippen LogP contribution < -0.4 is 5.73 Å². The number of likely N-dealkylation sites (tertiary alicyclic amines) is 1. The molecule has 0 saturated carbocycles. The molecule has 4 nitrogen and oxygen atoms in total. The highest BCUT2D eigenvalue weighted by molar-refractivity contribution is 7.80. The van der Waals surface area contributed by atoms with Crippen LogP contribution >= 0.6 is 12.2 Å². The fourth-order valence-electron chi connectivity index (χ4n) is 2.10. The first kappa shape index (κ1) is 13.4. The van der Waals surface area contributed by atoms with E-state index in [1.807, 2.05) is 6.92 Å². The largest absolute Gasteiger partial charge is 0.393 e. The van der Waals surface area contributed by atoms with Gasteiger partial charge in [-0.2, -0.15) is 0 Å². The van der Waals surface area contributed by atoms with Gasteiger partial charge in [0.15, 0.2) is 0 Å². The second kappa shape index (κ2) is 5.59. The number of hydrogen-bond acceptors (Lipinski definition) is 3. The molecule has 3 N–H and O–H groups in total. The molecule has 0 bridgehead atoms. The van der Waals surface area contributed by atoms with Gasteiger partial charge in [-0.1, -0.05) is 19.1 Å². The summed E-state index contributed by atoms with van der Waals surface area (Å²) in [4.78, 5) is 14.1. The predicted molar refractivity (Wildman–Crippen MR) is 66.9 cm³/mol. The zero-order valence-electron chi connectivity index (χ0n) is 9.85. The first-order valence-corrected chi connectivity index (χ1v) is 6.14. The van der Waals surface area contributed by atoms with E-state index in [2.05, 4.69) is 0 Å². The highest BCUT2D eigenvalue weighted by atomic mass is 32.1. The normalized spacial score (nSPS) is 24.2. The lowest BCUT2D eigenvalue weighted by molar-refractivity contribution is -0.132. The maximum Gasteiger partial charge on any atom is 0.232 e. The molecule has 0 radical (unpaired) electrons. The highest BCUT2D eigenvalue weighted by Gasteiger charge is 2.32. The fourth-order valence-corrected chi connectivity index (χ4v) is 2.37. The van der Waals surface area contributed by atoms with Gasteiger partial charge in [0.05, 0.1) is 17.0 Å². The summed E-state index contributed by atoms with van der Waals surface area (Å²) in [5.74, 6) is -0.145. The number of hydrogen-bond donors (Lipinski definition) is 2. The lowest BCUT2D eigenvalue weighted by atomic mass is 10.0. The number of aliphatic hydroxyl groups excluding tert-OH is 1. The minimum Gasteiger partial charge on any atom is -0.393 e. The average Bonchev–Trinajstić information content (AvgIpc) is 2.66. The van der Waals surface area contributed by atoms with E-state index in [4.69, 9.17) is 18.0 Å². The molecule has 1 amide bonds. The lowest BCUT2D eigenvalue weighted by Crippen LogP contribution is -2.40. The van der Waals surface area contributed by atoms with Crippen molar-refractivity contribution < 1.29 is 9.90 Å². The van der Waals surface area contributed by atoms with Crippen LogP contribution in [0.4, 0.5) is 0 Å². The molecule has 16 heavy (non-hydrogen) atoms. The van der Waals surface area contributed by atoms with E-state index < -0.39 is 0 Å². The van der Waals surface area contributed by atoms with E-state index in [1.54, 1.807) is 11.8 Å². The number of carbonyl (C=O) groups is 1. The number of amides is 1. The van der Waals surface area contributed by atoms with E-state index >= 15 is 0 Å². The van der Waals surface area contributed by atoms with Crippen LogP contribution in [0, 0.1) is 11.8 Å². The highest BCUT2D eigenvalue weighted by Crippen LogP contribution is 2.22. The van der Waals surface area contributed by atoms with Crippen molar-refractivity contribution in [3.05, 3.63) is 0 Å². The summed E-state index contributed by atoms with van der Waals surface area (Å²) < 4.78 is 0. The van der Waals surface area contributed by atoms with Crippen LogP contribution in [-0.2, 0) is 4.79 Å². The van der Waals surface area contributed by atoms with Crippen LogP contribution in [0.25, 0.3) is 0 Å². The van der Waals surface area contributed by atoms with Gasteiger partial charge in [0, 0.05) is 19.0 Å². The molecule has 0 spiro atoms. The number of rotatable bonds is 4. The Labute approximate surface area is 102 Å². The van der Waals surface area contributed by atoms with Crippen molar-refractivity contribution >= 4 is 23.1 Å². The Morgan fingerprint density at radius 3 is 2.69 bits per heavy atom. The fraction of sp³-hybridized carbons (Fsp3) is 0.818. The van der Waals surface area contributed by atoms with E-state index in [1.165, 1.54) is 0 Å². The van der Waals surface area contributed by atoms with Gasteiger partial charge >= 0.3 is 0 Å². The summed E-state index contributed by atoms with van der Waals surface area (Å²) >= 11 is 4.89. The molecule has 0 aromatic carbocycles. The van der Waals surface area contributed by atoms with E-state index in [0.29, 0.717) is 19.5 Å². The summed E-state index contributed by atoms with van der Waals surface area (Å²) in [6.45, 7) is 5.00. The number of nitrogens with two attached hydrogens (primary N) is 1. The summed E-state index contributed by atoms with van der Waals surface area (Å²) in [5.41, 5.74) is 5.54. The minimum absolute atomic E-state index is 0.0122. The van der Waals surface area contributed by atoms with Gasteiger partial charge < -0.3 is 15.7 Å². The van der Waals surface area contributed by atoms with Gasteiger partial charge in [0.2, 0.25) is 5.91 Å². The molecule has 1 aliphatic heterocycles. The first-order chi connectivity index (χ1) is 7.47. The van der Waals surface area contributed by atoms with Gasteiger partial charge in [-0.25, -0.2) is 0 Å². The maximum atomic E-state index is 12.1. The Hall–Kier alpha value is -0.680. The van der Waals surface area contributed by atoms with Gasteiger partial charge in [-0.05, 0) is 19.8 Å². The van der Waals surface area contributed by atoms with E-state index in [9.17, 15) is 9.90 Å². The predicted octanol–water partition coefficient (Wildman–Crippen LogP) is 0.528. The number of nitrogens with zero attached hydrogens (tertiary/aromatic N) is 1. The van der Waals surface area contributed by atoms with Gasteiger partial charge in [-0.15, -0.1) is 0 Å². The van der Waals surface area contributed by atoms with E-state index in [0.717, 1.165) is 6.42 Å². The Bertz CT molecular complexity index is 281. The lowest BCUT2D eigenvalue weighted by Gasteiger charge is -2.22. The van der Waals surface area contributed by atoms with Crippen molar-refractivity contribution in [1.82, 2.24) is 4.90 Å². The zero-order valence-corrected chi connectivity index (χ0v) is 10.7. The van der Waals surface area contributed by atoms with Crippen molar-refractivity contribution in [2.75, 3.05) is 13.1 Å². The molecule has 3 unspecified atom stereocenters. The second-order valence-corrected chi connectivity index (χ2v) is 4.91. The zero-order chi connectivity index (χ0) is 12.3. The molecular formula is C11H20N2O2S. The Morgan fingerprint density at radius 2 is 2.31 bits per heavy atom. The SMILES string of the molecule is CCC(C(=O)N1CCC(C(C)O)C1)C(N)=S. The van der Waals surface area contributed by atoms with Crippen LogP contribution in [-0.4, -0.2) is 40.1 Å². The molecular weight excluding hydrogens is 224 g/mol. The Balaban J connectivity index is 2.59. The molecule has 1 fully saturated rings. The maximum absolute atomic E-state index is 12.1. The van der Waals surface area contributed by atoms with Crippen LogP contribution in [0.3, 0.4) is 0 Å². The summed E-state index contributed by atoms with van der Waals surface area (Å²) in [7, 11) is 0. The molecule has 0 aromatic rings. The average molecular weight is 244 g/mol. The van der Waals surface area contributed by atoms with Crippen molar-refractivity contribution in [3.63, 3.8) is 0 Å². The molecule has 1 rings (SSSR count). The molecule has 1 aliphatic rings. The minimum atomic E-state index is -0.359. The van der Waals surface area contributed by atoms with Crippen LogP contribution in [0.5, 0.6) is 0 Å². The Kier molecular flexibility index (Phi) is 4.68. The molecule has 92 valence electrons. The molecule has 3 atom stereocenters. The molecule has 5 heteroatoms. The number of thiocarbonyl (C=S) groups is 1. The molecule has 1 saturated heterocycles. The van der Waals surface area contributed by atoms with Gasteiger partial charge in [0.25, 0.3) is 0 Å². The number of aliphatic hydroxyl groups is 1. The second-order valence-electron chi connectivity index (χ2n) is 4.44. The third kappa shape index (κ3) is 2.92. The number of carbonyl (C=O) groups excluding carboxylic acids is 1. The van der Waals surface area contributed by atoms with Crippen molar-refractivity contribution in [2.45, 2.75) is 32.8 Å². The topological polar surface area (TPSA) is 66.6 Å². The van der Waals surface area contributed by atoms with Crippen LogP contribution in [0.15, 0.2) is 0 Å². The van der Waals surface area contributed by atoms with Crippen molar-refractivity contribution in [1.29, 1.82) is 0 Å².